The van der Waals surface area contributed by atoms with Crippen LogP contribution in [-0.2, 0) is 0 Å². The van der Waals surface area contributed by atoms with Crippen molar-refractivity contribution in [3.05, 3.63) is 69.8 Å². The van der Waals surface area contributed by atoms with Gasteiger partial charge in [-0.25, -0.2) is 19.2 Å². The molecule has 0 bridgehead atoms. The van der Waals surface area contributed by atoms with E-state index in [4.69, 9.17) is 15.3 Å². The van der Waals surface area contributed by atoms with Crippen molar-refractivity contribution in [2.24, 2.45) is 0 Å². The smallest absolute Gasteiger partial charge is 0.337 e. The molecule has 0 saturated heterocycles. The third-order valence-electron chi connectivity index (χ3n) is 3.45. The van der Waals surface area contributed by atoms with Crippen LogP contribution >= 0.6 is 0 Å². The predicted octanol–water partition coefficient (Wildman–Crippen LogP) is 2.65. The van der Waals surface area contributed by atoms with Gasteiger partial charge >= 0.3 is 23.9 Å². The number of carboxylic acids is 4. The largest absolute Gasteiger partial charge is 0.478 e. The van der Waals surface area contributed by atoms with Gasteiger partial charge in [-0.05, 0) is 35.4 Å². The highest BCUT2D eigenvalue weighted by Gasteiger charge is 2.18. The maximum absolute atomic E-state index is 11.4. The van der Waals surface area contributed by atoms with Crippen LogP contribution in [0.3, 0.4) is 0 Å². The molecule has 0 aliphatic rings. The molecule has 0 unspecified atom stereocenters. The molecule has 0 aliphatic heterocycles. The summed E-state index contributed by atoms with van der Waals surface area (Å²) in [7, 11) is 0. The summed E-state index contributed by atoms with van der Waals surface area (Å²) in [6.07, 6.45) is 2.59. The molecule has 0 spiro atoms. The van der Waals surface area contributed by atoms with Gasteiger partial charge in [0.15, 0.2) is 0 Å². The first-order valence-corrected chi connectivity index (χ1v) is 7.10. The summed E-state index contributed by atoms with van der Waals surface area (Å²) in [5.74, 6) is -5.48. The number of benzene rings is 2. The summed E-state index contributed by atoms with van der Waals surface area (Å²) in [5, 5.41) is 36.5. The molecule has 0 fully saturated rings. The summed E-state index contributed by atoms with van der Waals surface area (Å²) in [4.78, 5) is 44.8. The molecule has 0 saturated carbocycles. The topological polar surface area (TPSA) is 149 Å². The molecular weight excluding hydrogens is 344 g/mol. The number of aromatic carboxylic acids is 4. The average molecular weight is 356 g/mol. The van der Waals surface area contributed by atoms with E-state index in [0.29, 0.717) is 0 Å². The zero-order valence-electron chi connectivity index (χ0n) is 13.0. The van der Waals surface area contributed by atoms with E-state index in [2.05, 4.69) is 0 Å². The fourth-order valence-electron chi connectivity index (χ4n) is 2.31. The number of hydrogen-bond donors (Lipinski definition) is 4. The van der Waals surface area contributed by atoms with E-state index in [1.807, 2.05) is 0 Å². The van der Waals surface area contributed by atoms with E-state index >= 15 is 0 Å². The molecule has 26 heavy (non-hydrogen) atoms. The molecule has 2 aromatic rings. The molecule has 8 heteroatoms. The lowest BCUT2D eigenvalue weighted by Crippen LogP contribution is -2.09. The van der Waals surface area contributed by atoms with Crippen LogP contribution < -0.4 is 0 Å². The van der Waals surface area contributed by atoms with Crippen LogP contribution in [0.1, 0.15) is 52.6 Å². The van der Waals surface area contributed by atoms with Gasteiger partial charge < -0.3 is 20.4 Å². The van der Waals surface area contributed by atoms with Gasteiger partial charge in [0.05, 0.1) is 22.3 Å². The zero-order chi connectivity index (χ0) is 19.4. The zero-order valence-corrected chi connectivity index (χ0v) is 13.0. The first-order valence-electron chi connectivity index (χ1n) is 7.10. The minimum absolute atomic E-state index is 0.0787. The van der Waals surface area contributed by atoms with E-state index in [-0.39, 0.29) is 22.3 Å². The number of rotatable bonds is 6. The van der Waals surface area contributed by atoms with Gasteiger partial charge in [-0.3, -0.25) is 0 Å². The second-order valence-corrected chi connectivity index (χ2v) is 5.17. The van der Waals surface area contributed by atoms with Gasteiger partial charge in [0.25, 0.3) is 0 Å². The Hall–Kier alpha value is -3.94. The fourth-order valence-corrected chi connectivity index (χ4v) is 2.31. The van der Waals surface area contributed by atoms with Crippen molar-refractivity contribution in [2.75, 3.05) is 0 Å². The molecule has 0 aliphatic carbocycles. The summed E-state index contributed by atoms with van der Waals surface area (Å²) in [5.41, 5.74) is -1.03. The van der Waals surface area contributed by atoms with Crippen molar-refractivity contribution in [1.29, 1.82) is 0 Å². The first kappa shape index (κ1) is 18.4. The third-order valence-corrected chi connectivity index (χ3v) is 3.45. The van der Waals surface area contributed by atoms with Gasteiger partial charge in [-0.1, -0.05) is 24.3 Å². The van der Waals surface area contributed by atoms with Crippen molar-refractivity contribution in [1.82, 2.24) is 0 Å². The second-order valence-electron chi connectivity index (χ2n) is 5.17. The number of hydrogen-bond acceptors (Lipinski definition) is 4. The van der Waals surface area contributed by atoms with E-state index < -0.39 is 35.0 Å². The molecule has 0 aromatic heterocycles. The highest BCUT2D eigenvalue weighted by Crippen LogP contribution is 2.19. The molecular formula is C18H12O8. The van der Waals surface area contributed by atoms with E-state index in [1.54, 1.807) is 0 Å². The monoisotopic (exact) mass is 356 g/mol. The van der Waals surface area contributed by atoms with Crippen molar-refractivity contribution in [3.8, 4) is 0 Å². The Labute approximate surface area is 146 Å². The molecule has 0 atom stereocenters. The molecule has 0 heterocycles. The van der Waals surface area contributed by atoms with Gasteiger partial charge in [-0.15, -0.1) is 0 Å². The lowest BCUT2D eigenvalue weighted by Gasteiger charge is -2.06. The second kappa shape index (κ2) is 7.31. The minimum atomic E-state index is -1.44. The van der Waals surface area contributed by atoms with Gasteiger partial charge in [0.2, 0.25) is 0 Å². The molecule has 2 aromatic carbocycles. The number of carbonyl (C=O) groups is 4. The average Bonchev–Trinajstić information content (AvgIpc) is 2.58. The quantitative estimate of drug-likeness (QED) is 0.577. The standard InChI is InChI=1S/C18H12O8/c19-15(20)11-6-9(7-12(8-11)16(21)22)4-5-10-2-1-3-13(17(23)24)14(10)18(25)26/h1-8H,(H,19,20)(H,21,22)(H,23,24)(H,25,26)/b5-4-. The van der Waals surface area contributed by atoms with Gasteiger partial charge in [0.1, 0.15) is 0 Å². The van der Waals surface area contributed by atoms with Crippen LogP contribution in [0.2, 0.25) is 0 Å². The SMILES string of the molecule is O=C(O)c1cc(/C=C\c2cccc(C(=O)O)c2C(=O)O)cc(C(=O)O)c1. The van der Waals surface area contributed by atoms with Crippen LogP contribution in [0, 0.1) is 0 Å². The molecule has 0 radical (unpaired) electrons. The normalized spacial score (nSPS) is 10.6. The summed E-state index contributed by atoms with van der Waals surface area (Å²) >= 11 is 0. The van der Waals surface area contributed by atoms with E-state index in [1.165, 1.54) is 36.4 Å². The van der Waals surface area contributed by atoms with Crippen LogP contribution in [0.25, 0.3) is 12.2 Å². The highest BCUT2D eigenvalue weighted by molar-refractivity contribution is 6.05. The Morgan fingerprint density at radius 3 is 1.73 bits per heavy atom. The Balaban J connectivity index is 2.56. The highest BCUT2D eigenvalue weighted by atomic mass is 16.4. The third kappa shape index (κ3) is 3.93. The summed E-state index contributed by atoms with van der Waals surface area (Å²) in [6, 6.07) is 7.32. The van der Waals surface area contributed by atoms with Gasteiger partial charge in [0, 0.05) is 0 Å². The van der Waals surface area contributed by atoms with Crippen molar-refractivity contribution in [2.45, 2.75) is 0 Å². The summed E-state index contributed by atoms with van der Waals surface area (Å²) in [6.45, 7) is 0. The molecule has 0 amide bonds. The Morgan fingerprint density at radius 2 is 1.27 bits per heavy atom. The maximum atomic E-state index is 11.4. The lowest BCUT2D eigenvalue weighted by atomic mass is 9.99. The van der Waals surface area contributed by atoms with Crippen molar-refractivity contribution >= 4 is 36.0 Å². The Kier molecular flexibility index (Phi) is 5.17. The number of carboxylic acid groups (broad SMARTS) is 4. The lowest BCUT2D eigenvalue weighted by molar-refractivity contribution is 0.0651. The van der Waals surface area contributed by atoms with E-state index in [0.717, 1.165) is 12.1 Å². The Bertz CT molecular complexity index is 923. The molecule has 132 valence electrons. The van der Waals surface area contributed by atoms with Crippen LogP contribution in [-0.4, -0.2) is 44.3 Å². The molecule has 4 N–H and O–H groups in total. The predicted molar refractivity (Wildman–Crippen MR) is 89.6 cm³/mol. The van der Waals surface area contributed by atoms with Crippen LogP contribution in [0.5, 0.6) is 0 Å². The first-order chi connectivity index (χ1) is 12.2. The van der Waals surface area contributed by atoms with Crippen LogP contribution in [0.4, 0.5) is 0 Å². The summed E-state index contributed by atoms with van der Waals surface area (Å²) < 4.78 is 0. The molecule has 8 nitrogen and oxygen atoms in total. The van der Waals surface area contributed by atoms with Crippen molar-refractivity contribution < 1.29 is 39.6 Å². The minimum Gasteiger partial charge on any atom is -0.478 e. The maximum Gasteiger partial charge on any atom is 0.337 e. The van der Waals surface area contributed by atoms with Gasteiger partial charge in [-0.2, -0.15) is 0 Å². The molecule has 2 rings (SSSR count). The Morgan fingerprint density at radius 1 is 0.692 bits per heavy atom. The van der Waals surface area contributed by atoms with Crippen molar-refractivity contribution in [3.63, 3.8) is 0 Å². The fraction of sp³-hybridized carbons (Fsp3) is 0. The van der Waals surface area contributed by atoms with E-state index in [9.17, 15) is 24.3 Å². The van der Waals surface area contributed by atoms with Crippen LogP contribution in [0.15, 0.2) is 36.4 Å².